The molecule has 0 saturated carbocycles. The topological polar surface area (TPSA) is 80.5 Å². The first kappa shape index (κ1) is 15.2. The fourth-order valence-electron chi connectivity index (χ4n) is 2.65. The van der Waals surface area contributed by atoms with Crippen molar-refractivity contribution in [2.45, 2.75) is 32.9 Å². The maximum absolute atomic E-state index is 13.9. The van der Waals surface area contributed by atoms with Crippen molar-refractivity contribution in [2.24, 2.45) is 10.7 Å². The molecule has 1 aliphatic heterocycles. The second kappa shape index (κ2) is 6.20. The Morgan fingerprint density at radius 3 is 2.87 bits per heavy atom. The van der Waals surface area contributed by atoms with Crippen LogP contribution in [0.2, 0.25) is 0 Å². The predicted molar refractivity (Wildman–Crippen MR) is 83.9 cm³/mol. The highest BCUT2D eigenvalue weighted by Crippen LogP contribution is 2.21. The van der Waals surface area contributed by atoms with Crippen molar-refractivity contribution in [3.05, 3.63) is 59.7 Å². The van der Waals surface area contributed by atoms with E-state index in [0.717, 1.165) is 0 Å². The summed E-state index contributed by atoms with van der Waals surface area (Å²) in [6.07, 6.45) is 6.86. The second-order valence-corrected chi connectivity index (χ2v) is 5.31. The van der Waals surface area contributed by atoms with E-state index in [-0.39, 0.29) is 11.9 Å². The third kappa shape index (κ3) is 2.94. The van der Waals surface area contributed by atoms with Crippen LogP contribution in [0.4, 0.5) is 4.39 Å². The number of pyridine rings is 1. The molecule has 2 aromatic rings. The largest absolute Gasteiger partial charge is 0.444 e. The van der Waals surface area contributed by atoms with Gasteiger partial charge in [-0.05, 0) is 19.4 Å². The summed E-state index contributed by atoms with van der Waals surface area (Å²) in [4.78, 5) is 14.7. The summed E-state index contributed by atoms with van der Waals surface area (Å²) in [5.41, 5.74) is 7.86. The number of aliphatic imine (C=N–C) groups is 1. The molecule has 0 radical (unpaired) electrons. The van der Waals surface area contributed by atoms with E-state index in [9.17, 15) is 4.39 Å². The number of oxazole rings is 1. The van der Waals surface area contributed by atoms with Crippen molar-refractivity contribution >= 4 is 5.71 Å². The molecular formula is C16H18FN5O. The Morgan fingerprint density at radius 1 is 1.35 bits per heavy atom. The van der Waals surface area contributed by atoms with Gasteiger partial charge in [0.05, 0.1) is 24.5 Å². The first-order chi connectivity index (χ1) is 11.1. The van der Waals surface area contributed by atoms with Crippen LogP contribution in [0.3, 0.4) is 0 Å². The molecule has 1 atom stereocenters. The number of rotatable bonds is 4. The normalized spacial score (nSPS) is 17.9. The third-order valence-corrected chi connectivity index (χ3v) is 3.87. The van der Waals surface area contributed by atoms with Crippen LogP contribution in [-0.4, -0.2) is 26.6 Å². The third-order valence-electron chi connectivity index (χ3n) is 3.87. The Bertz CT molecular complexity index is 754. The van der Waals surface area contributed by atoms with E-state index in [1.807, 2.05) is 18.7 Å². The Hall–Kier alpha value is -2.70. The molecule has 2 N–H and O–H groups in total. The first-order valence-electron chi connectivity index (χ1n) is 7.44. The van der Waals surface area contributed by atoms with E-state index in [4.69, 9.17) is 10.2 Å². The van der Waals surface area contributed by atoms with E-state index in [1.54, 1.807) is 12.4 Å². The summed E-state index contributed by atoms with van der Waals surface area (Å²) in [7, 11) is 0. The van der Waals surface area contributed by atoms with E-state index < -0.39 is 0 Å². The molecule has 3 heterocycles. The lowest BCUT2D eigenvalue weighted by molar-refractivity contribution is 0.326. The van der Waals surface area contributed by atoms with Gasteiger partial charge >= 0.3 is 0 Å². The molecule has 2 aromatic heterocycles. The fraction of sp³-hybridized carbons (Fsp3) is 0.312. The molecule has 23 heavy (non-hydrogen) atoms. The van der Waals surface area contributed by atoms with Gasteiger partial charge in [-0.3, -0.25) is 4.98 Å². The lowest BCUT2D eigenvalue weighted by Gasteiger charge is -2.31. The van der Waals surface area contributed by atoms with Crippen molar-refractivity contribution in [1.82, 2.24) is 14.9 Å². The van der Waals surface area contributed by atoms with E-state index in [1.165, 1.54) is 18.5 Å². The van der Waals surface area contributed by atoms with E-state index in [2.05, 4.69) is 15.0 Å². The average Bonchev–Trinajstić information content (AvgIpc) is 3.05. The van der Waals surface area contributed by atoms with Crippen LogP contribution in [-0.2, 0) is 13.0 Å². The maximum atomic E-state index is 13.9. The molecule has 0 fully saturated rings. The summed E-state index contributed by atoms with van der Waals surface area (Å²) < 4.78 is 19.3. The van der Waals surface area contributed by atoms with Gasteiger partial charge in [-0.1, -0.05) is 6.92 Å². The molecule has 1 unspecified atom stereocenters. The molecule has 120 valence electrons. The monoisotopic (exact) mass is 315 g/mol. The standard InChI is InChI=1S/C16H18FN5O/c1-3-11-12(17)4-5-19-13(11)8-22-9-14(18)21-15(10(22)2)16-20-6-7-23-16/h4-7,9-10H,3,8,18H2,1-2H3. The lowest BCUT2D eigenvalue weighted by Crippen LogP contribution is -2.39. The highest BCUT2D eigenvalue weighted by molar-refractivity contribution is 6.01. The van der Waals surface area contributed by atoms with Crippen LogP contribution >= 0.6 is 0 Å². The Kier molecular flexibility index (Phi) is 4.10. The van der Waals surface area contributed by atoms with Gasteiger partial charge in [0.2, 0.25) is 5.89 Å². The number of aromatic nitrogens is 2. The van der Waals surface area contributed by atoms with Crippen LogP contribution in [0, 0.1) is 5.82 Å². The molecule has 0 bridgehead atoms. The second-order valence-electron chi connectivity index (χ2n) is 5.31. The molecule has 7 heteroatoms. The van der Waals surface area contributed by atoms with Crippen molar-refractivity contribution in [2.75, 3.05) is 0 Å². The van der Waals surface area contributed by atoms with Gasteiger partial charge in [0, 0.05) is 18.0 Å². The van der Waals surface area contributed by atoms with Gasteiger partial charge in [0.25, 0.3) is 0 Å². The lowest BCUT2D eigenvalue weighted by atomic mass is 10.1. The Morgan fingerprint density at radius 2 is 2.17 bits per heavy atom. The van der Waals surface area contributed by atoms with E-state index >= 15 is 0 Å². The van der Waals surface area contributed by atoms with Crippen molar-refractivity contribution in [3.8, 4) is 0 Å². The molecule has 3 rings (SSSR count). The minimum absolute atomic E-state index is 0.115. The van der Waals surface area contributed by atoms with Crippen LogP contribution in [0.25, 0.3) is 0 Å². The summed E-state index contributed by atoms with van der Waals surface area (Å²) in [5.74, 6) is 0.549. The van der Waals surface area contributed by atoms with Crippen LogP contribution in [0.1, 0.15) is 31.0 Å². The fourth-order valence-corrected chi connectivity index (χ4v) is 2.65. The van der Waals surface area contributed by atoms with E-state index in [0.29, 0.717) is 41.6 Å². The van der Waals surface area contributed by atoms with Gasteiger partial charge in [-0.2, -0.15) is 0 Å². The minimum Gasteiger partial charge on any atom is -0.444 e. The summed E-state index contributed by atoms with van der Waals surface area (Å²) in [5, 5.41) is 0. The minimum atomic E-state index is -0.235. The molecular weight excluding hydrogens is 297 g/mol. The van der Waals surface area contributed by atoms with Crippen LogP contribution in [0.15, 0.2) is 46.2 Å². The van der Waals surface area contributed by atoms with Gasteiger partial charge in [-0.25, -0.2) is 14.4 Å². The molecule has 6 nitrogen and oxygen atoms in total. The Labute approximate surface area is 133 Å². The van der Waals surface area contributed by atoms with Gasteiger partial charge in [0.15, 0.2) is 0 Å². The van der Waals surface area contributed by atoms with Crippen molar-refractivity contribution < 1.29 is 8.81 Å². The zero-order chi connectivity index (χ0) is 16.4. The summed E-state index contributed by atoms with van der Waals surface area (Å²) in [6.45, 7) is 4.31. The van der Waals surface area contributed by atoms with Gasteiger partial charge in [0.1, 0.15) is 23.6 Å². The highest BCUT2D eigenvalue weighted by Gasteiger charge is 2.26. The van der Waals surface area contributed by atoms with Gasteiger partial charge < -0.3 is 15.1 Å². The quantitative estimate of drug-likeness (QED) is 0.935. The average molecular weight is 315 g/mol. The van der Waals surface area contributed by atoms with Crippen LogP contribution in [0.5, 0.6) is 0 Å². The molecule has 0 spiro atoms. The number of nitrogens with zero attached hydrogens (tertiary/aromatic N) is 4. The molecule has 0 aromatic carbocycles. The molecule has 0 aliphatic carbocycles. The number of hydrogen-bond donors (Lipinski definition) is 1. The number of nitrogens with two attached hydrogens (primary N) is 1. The van der Waals surface area contributed by atoms with Gasteiger partial charge in [-0.15, -0.1) is 0 Å². The summed E-state index contributed by atoms with van der Waals surface area (Å²) >= 11 is 0. The SMILES string of the molecule is CCc1c(F)ccnc1CN1C=C(N)N=C(c2ncco2)C1C. The smallest absolute Gasteiger partial charge is 0.242 e. The zero-order valence-corrected chi connectivity index (χ0v) is 13.0. The zero-order valence-electron chi connectivity index (χ0n) is 13.0. The van der Waals surface area contributed by atoms with Crippen LogP contribution < -0.4 is 5.73 Å². The van der Waals surface area contributed by atoms with Crippen molar-refractivity contribution in [3.63, 3.8) is 0 Å². The molecule has 0 amide bonds. The molecule has 1 aliphatic rings. The summed E-state index contributed by atoms with van der Waals surface area (Å²) in [6, 6.07) is 1.27. The number of hydrogen-bond acceptors (Lipinski definition) is 6. The highest BCUT2D eigenvalue weighted by atomic mass is 19.1. The van der Waals surface area contributed by atoms with Crippen molar-refractivity contribution in [1.29, 1.82) is 0 Å². The predicted octanol–water partition coefficient (Wildman–Crippen LogP) is 2.22. The number of halogens is 1. The molecule has 0 saturated heterocycles. The Balaban J connectivity index is 1.90. The maximum Gasteiger partial charge on any atom is 0.242 e. The first-order valence-corrected chi connectivity index (χ1v) is 7.44.